The average Bonchev–Trinajstić information content (AvgIpc) is 3.31. The number of anilines is 2. The van der Waals surface area contributed by atoms with E-state index in [9.17, 15) is 47.6 Å². The Morgan fingerprint density at radius 2 is 0.912 bits per heavy atom. The van der Waals surface area contributed by atoms with E-state index in [0.29, 0.717) is 66.6 Å². The molecule has 4 aliphatic rings. The highest BCUT2D eigenvalue weighted by molar-refractivity contribution is 6.42. The fourth-order valence-corrected chi connectivity index (χ4v) is 9.96. The first-order valence-electron chi connectivity index (χ1n) is 23.2. The maximum Gasteiger partial charge on any atom is 0.321 e. The summed E-state index contributed by atoms with van der Waals surface area (Å²) in [5, 5.41) is 49.8. The average molecular weight is 988 g/mol. The van der Waals surface area contributed by atoms with Gasteiger partial charge in [-0.2, -0.15) is 0 Å². The molecule has 0 spiro atoms. The Hall–Kier alpha value is -4.52. The van der Waals surface area contributed by atoms with Crippen molar-refractivity contribution < 1.29 is 47.6 Å². The Labute approximate surface area is 404 Å². The Bertz CT molecular complexity index is 2280. The minimum atomic E-state index is -1.31. The van der Waals surface area contributed by atoms with E-state index in [1.165, 1.54) is 29.2 Å². The van der Waals surface area contributed by atoms with Gasteiger partial charge in [0.05, 0.1) is 33.5 Å². The van der Waals surface area contributed by atoms with Crippen LogP contribution in [0.5, 0.6) is 0 Å². The van der Waals surface area contributed by atoms with E-state index in [2.05, 4.69) is 20.4 Å². The van der Waals surface area contributed by atoms with Crippen LogP contribution in [0.1, 0.15) is 74.3 Å². The summed E-state index contributed by atoms with van der Waals surface area (Å²) >= 11 is 11.9. The molecule has 4 aliphatic heterocycles. The molecule has 8 rings (SSSR count). The molecular weight excluding hydrogens is 927 g/mol. The first-order valence-corrected chi connectivity index (χ1v) is 24.0. The SMILES string of the molecule is O=C(Nc1cc(F)cc(F)c1)N1CCC(O)(C(O)CN2CCC(c3ccc(F)cc3)CC2)CC1.O=C(Nc1ccc(Cl)c(Cl)c1)N1CCC(O)(C(O)CN2CCC(c3ccc(F)cc3)CC2)CC1. The molecular formula is C50H60Cl2F4N6O6. The van der Waals surface area contributed by atoms with Crippen molar-refractivity contribution in [3.05, 3.63) is 129 Å². The molecule has 4 amide bonds. The van der Waals surface area contributed by atoms with Crippen LogP contribution < -0.4 is 10.6 Å². The number of aliphatic hydroxyl groups is 4. The number of rotatable bonds is 10. The molecule has 12 nitrogen and oxygen atoms in total. The van der Waals surface area contributed by atoms with Gasteiger partial charge >= 0.3 is 12.1 Å². The van der Waals surface area contributed by atoms with Gasteiger partial charge in [-0.3, -0.25) is 0 Å². The van der Waals surface area contributed by atoms with Gasteiger partial charge in [-0.1, -0.05) is 47.5 Å². The molecule has 4 heterocycles. The number of nitrogens with one attached hydrogen (secondary N) is 2. The van der Waals surface area contributed by atoms with Crippen LogP contribution in [0.15, 0.2) is 84.9 Å². The predicted octanol–water partition coefficient (Wildman–Crippen LogP) is 8.44. The van der Waals surface area contributed by atoms with E-state index < -0.39 is 41.1 Å². The third kappa shape index (κ3) is 13.6. The lowest BCUT2D eigenvalue weighted by molar-refractivity contribution is -0.113. The Kier molecular flexibility index (Phi) is 17.3. The molecule has 4 aromatic carbocycles. The lowest BCUT2D eigenvalue weighted by Gasteiger charge is -2.43. The molecule has 68 heavy (non-hydrogen) atoms. The summed E-state index contributed by atoms with van der Waals surface area (Å²) < 4.78 is 53.0. The number of likely N-dealkylation sites (tertiary alicyclic amines) is 4. The van der Waals surface area contributed by atoms with E-state index in [1.54, 1.807) is 23.1 Å². The van der Waals surface area contributed by atoms with Crippen molar-refractivity contribution in [1.82, 2.24) is 19.6 Å². The summed E-state index contributed by atoms with van der Waals surface area (Å²) in [6, 6.07) is 20.2. The number of aliphatic hydroxyl groups excluding tert-OH is 2. The molecule has 0 bridgehead atoms. The van der Waals surface area contributed by atoms with Gasteiger partial charge in [0.25, 0.3) is 0 Å². The van der Waals surface area contributed by atoms with Gasteiger partial charge in [0, 0.05) is 56.7 Å². The van der Waals surface area contributed by atoms with Crippen molar-refractivity contribution in [3.8, 4) is 0 Å². The number of carbonyl (C=O) groups excluding carboxylic acids is 2. The van der Waals surface area contributed by atoms with Gasteiger partial charge in [-0.25, -0.2) is 27.2 Å². The van der Waals surface area contributed by atoms with Crippen molar-refractivity contribution in [3.63, 3.8) is 0 Å². The number of carbonyl (C=O) groups is 2. The highest BCUT2D eigenvalue weighted by atomic mass is 35.5. The zero-order chi connectivity index (χ0) is 48.6. The largest absolute Gasteiger partial charge is 0.389 e. The maximum atomic E-state index is 13.3. The number of halogens is 6. The molecule has 0 saturated carbocycles. The topological polar surface area (TPSA) is 152 Å². The minimum absolute atomic E-state index is 0.0207. The fraction of sp³-hybridized carbons (Fsp3) is 0.480. The van der Waals surface area contributed by atoms with Crippen LogP contribution in [0.4, 0.5) is 38.5 Å². The lowest BCUT2D eigenvalue weighted by atomic mass is 9.84. The summed E-state index contributed by atoms with van der Waals surface area (Å²) in [6.45, 7) is 5.00. The second-order valence-corrected chi connectivity index (χ2v) is 19.4. The second kappa shape index (κ2) is 22.9. The minimum Gasteiger partial charge on any atom is -0.389 e. The van der Waals surface area contributed by atoms with Crippen LogP contribution in [0.25, 0.3) is 0 Å². The monoisotopic (exact) mass is 986 g/mol. The van der Waals surface area contributed by atoms with Gasteiger partial charge < -0.3 is 50.7 Å². The fourth-order valence-electron chi connectivity index (χ4n) is 9.66. The zero-order valence-electron chi connectivity index (χ0n) is 37.8. The Morgan fingerprint density at radius 1 is 0.529 bits per heavy atom. The molecule has 2 unspecified atom stereocenters. The third-order valence-electron chi connectivity index (χ3n) is 14.1. The van der Waals surface area contributed by atoms with Crippen molar-refractivity contribution in [2.45, 2.75) is 86.6 Å². The lowest BCUT2D eigenvalue weighted by Crippen LogP contribution is -2.56. The van der Waals surface area contributed by atoms with Crippen molar-refractivity contribution in [2.24, 2.45) is 0 Å². The van der Waals surface area contributed by atoms with E-state index in [4.69, 9.17) is 23.2 Å². The van der Waals surface area contributed by atoms with Crippen molar-refractivity contribution in [1.29, 1.82) is 0 Å². The molecule has 4 aromatic rings. The molecule has 0 radical (unpaired) electrons. The Balaban J connectivity index is 0.000000201. The molecule has 2 atom stereocenters. The van der Waals surface area contributed by atoms with E-state index in [-0.39, 0.29) is 49.3 Å². The number of β-amino-alcohol motifs (C(OH)–C–C–N with tert-alkyl or cyclic N) is 2. The maximum absolute atomic E-state index is 13.3. The quantitative estimate of drug-likeness (QED) is 0.0868. The molecule has 4 fully saturated rings. The molecule has 18 heteroatoms. The highest BCUT2D eigenvalue weighted by Crippen LogP contribution is 2.34. The molecule has 0 aliphatic carbocycles. The van der Waals surface area contributed by atoms with Crippen LogP contribution >= 0.6 is 23.2 Å². The van der Waals surface area contributed by atoms with Gasteiger partial charge in [-0.15, -0.1) is 0 Å². The number of hydrogen-bond acceptors (Lipinski definition) is 8. The first-order chi connectivity index (χ1) is 32.4. The number of benzene rings is 4. The number of urea groups is 2. The third-order valence-corrected chi connectivity index (χ3v) is 14.8. The van der Waals surface area contributed by atoms with Crippen LogP contribution in [-0.2, 0) is 0 Å². The molecule has 6 N–H and O–H groups in total. The summed E-state index contributed by atoms with van der Waals surface area (Å²) in [5.74, 6) is -1.31. The van der Waals surface area contributed by atoms with Crippen LogP contribution in [-0.4, -0.2) is 141 Å². The summed E-state index contributed by atoms with van der Waals surface area (Å²) in [4.78, 5) is 32.4. The zero-order valence-corrected chi connectivity index (χ0v) is 39.3. The molecule has 368 valence electrons. The van der Waals surface area contributed by atoms with Crippen molar-refractivity contribution in [2.75, 3.05) is 76.1 Å². The predicted molar refractivity (Wildman–Crippen MR) is 254 cm³/mol. The molecule has 4 saturated heterocycles. The second-order valence-electron chi connectivity index (χ2n) is 18.6. The normalized spacial score (nSPS) is 20.2. The van der Waals surface area contributed by atoms with Gasteiger partial charge in [0.2, 0.25) is 0 Å². The van der Waals surface area contributed by atoms with Crippen molar-refractivity contribution >= 4 is 46.6 Å². The smallest absolute Gasteiger partial charge is 0.321 e. The van der Waals surface area contributed by atoms with E-state index in [1.807, 2.05) is 24.3 Å². The van der Waals surface area contributed by atoms with E-state index >= 15 is 0 Å². The number of nitrogens with zero attached hydrogens (tertiary/aromatic N) is 4. The van der Waals surface area contributed by atoms with Gasteiger partial charge in [0.1, 0.15) is 23.3 Å². The highest BCUT2D eigenvalue weighted by Gasteiger charge is 2.42. The Morgan fingerprint density at radius 3 is 1.29 bits per heavy atom. The van der Waals surface area contributed by atoms with E-state index in [0.717, 1.165) is 81.2 Å². The number of amides is 4. The summed E-state index contributed by atoms with van der Waals surface area (Å²) in [7, 11) is 0. The van der Waals surface area contributed by atoms with Gasteiger partial charge in [-0.05, 0) is 155 Å². The van der Waals surface area contributed by atoms with Gasteiger partial charge in [0.15, 0.2) is 0 Å². The first kappa shape index (κ1) is 51.3. The number of piperidine rings is 4. The summed E-state index contributed by atoms with van der Waals surface area (Å²) in [5.41, 5.74) is 0.291. The number of hydrogen-bond donors (Lipinski definition) is 6. The standard InChI is InChI=1S/C25H30Cl2FN3O3.C25H30F3N3O3/c26-21-6-5-20(15-22(21)27)29-24(33)31-13-9-25(34,10-14-31)23(32)16-30-11-7-18(8-12-30)17-1-3-19(28)4-2-17;26-19-3-1-17(2-4-19)18-5-9-30(10-6-18)16-23(32)25(34)7-11-31(12-8-25)24(33)29-22-14-20(27)13-21(28)15-22/h1-6,15,18,23,32,34H,7-14,16H2,(H,29,33);1-4,13-15,18,23,32,34H,5-12,16H2,(H,29,33). The van der Waals surface area contributed by atoms with Crippen LogP contribution in [0, 0.1) is 23.3 Å². The molecule has 0 aromatic heterocycles. The van der Waals surface area contributed by atoms with Crippen LogP contribution in [0.3, 0.4) is 0 Å². The summed E-state index contributed by atoms with van der Waals surface area (Å²) in [6.07, 6.45) is 2.79. The van der Waals surface area contributed by atoms with Crippen LogP contribution in [0.2, 0.25) is 10.0 Å².